The number of nitrogens with one attached hydrogen (secondary N) is 2. The van der Waals surface area contributed by atoms with Crippen LogP contribution in [0.5, 0.6) is 0 Å². The molecule has 7 nitrogen and oxygen atoms in total. The molecule has 2 fully saturated rings. The van der Waals surface area contributed by atoms with Crippen LogP contribution < -0.4 is 10.6 Å². The van der Waals surface area contributed by atoms with E-state index < -0.39 is 0 Å². The Balaban J connectivity index is 0.00000363. The Hall–Kier alpha value is -1.01. The molecule has 2 unspecified atom stereocenters. The van der Waals surface area contributed by atoms with Crippen molar-refractivity contribution in [3.05, 3.63) is 35.6 Å². The van der Waals surface area contributed by atoms with Crippen LogP contribution in [0.15, 0.2) is 29.3 Å². The SMILES string of the molecule is CN=C(NCC(c1ccc(F)cc1)N1CCOCC1)NCC(C(C)C)N1CCOCC1.I. The van der Waals surface area contributed by atoms with Crippen molar-refractivity contribution < 1.29 is 13.9 Å². The average Bonchev–Trinajstić information content (AvgIpc) is 2.80. The summed E-state index contributed by atoms with van der Waals surface area (Å²) in [6, 6.07) is 7.37. The molecule has 2 saturated heterocycles. The van der Waals surface area contributed by atoms with E-state index >= 15 is 0 Å². The number of halogens is 2. The van der Waals surface area contributed by atoms with E-state index in [0.717, 1.165) is 70.7 Å². The van der Waals surface area contributed by atoms with Crippen molar-refractivity contribution in [2.24, 2.45) is 10.9 Å². The lowest BCUT2D eigenvalue weighted by atomic mass is 10.0. The van der Waals surface area contributed by atoms with Gasteiger partial charge in [-0.05, 0) is 23.6 Å². The third-order valence-corrected chi connectivity index (χ3v) is 6.19. The van der Waals surface area contributed by atoms with E-state index in [4.69, 9.17) is 9.47 Å². The van der Waals surface area contributed by atoms with Gasteiger partial charge in [0, 0.05) is 52.4 Å². The van der Waals surface area contributed by atoms with Gasteiger partial charge >= 0.3 is 0 Å². The first-order chi connectivity index (χ1) is 15.1. The standard InChI is InChI=1S/C23H38FN5O2.HI/c1-18(2)21(28-8-12-30-13-9-28)16-26-23(25-3)27-17-22(29-10-14-31-15-11-29)19-4-6-20(24)7-5-19;/h4-7,18,21-22H,8-17H2,1-3H3,(H2,25,26,27);1H. The first-order valence-corrected chi connectivity index (χ1v) is 11.4. The molecule has 2 atom stereocenters. The summed E-state index contributed by atoms with van der Waals surface area (Å²) in [4.78, 5) is 9.33. The Morgan fingerprint density at radius 3 is 2.00 bits per heavy atom. The third kappa shape index (κ3) is 8.09. The van der Waals surface area contributed by atoms with Crippen molar-refractivity contribution in [3.63, 3.8) is 0 Å². The first-order valence-electron chi connectivity index (χ1n) is 11.4. The summed E-state index contributed by atoms with van der Waals surface area (Å²) in [7, 11) is 1.80. The molecule has 0 spiro atoms. The zero-order valence-corrected chi connectivity index (χ0v) is 21.9. The fourth-order valence-electron chi connectivity index (χ4n) is 4.34. The number of ether oxygens (including phenoxy) is 2. The van der Waals surface area contributed by atoms with Crippen LogP contribution in [0.25, 0.3) is 0 Å². The van der Waals surface area contributed by atoms with Crippen molar-refractivity contribution in [2.45, 2.75) is 25.9 Å². The maximum absolute atomic E-state index is 13.5. The predicted octanol–water partition coefficient (Wildman–Crippen LogP) is 2.34. The first kappa shape index (κ1) is 27.2. The van der Waals surface area contributed by atoms with Crippen molar-refractivity contribution in [3.8, 4) is 0 Å². The summed E-state index contributed by atoms with van der Waals surface area (Å²) in [5.74, 6) is 1.11. The molecule has 0 amide bonds. The fraction of sp³-hybridized carbons (Fsp3) is 0.696. The van der Waals surface area contributed by atoms with Gasteiger partial charge in [0.25, 0.3) is 0 Å². The Morgan fingerprint density at radius 2 is 1.47 bits per heavy atom. The van der Waals surface area contributed by atoms with E-state index in [2.05, 4.69) is 39.3 Å². The van der Waals surface area contributed by atoms with Gasteiger partial charge in [-0.3, -0.25) is 14.8 Å². The zero-order chi connectivity index (χ0) is 22.1. The molecule has 2 aliphatic rings. The van der Waals surface area contributed by atoms with E-state index in [0.29, 0.717) is 18.5 Å². The van der Waals surface area contributed by atoms with E-state index in [-0.39, 0.29) is 35.8 Å². The van der Waals surface area contributed by atoms with Crippen LogP contribution >= 0.6 is 24.0 Å². The van der Waals surface area contributed by atoms with Crippen molar-refractivity contribution >= 4 is 29.9 Å². The second kappa shape index (κ2) is 14.3. The molecule has 1 aromatic rings. The maximum Gasteiger partial charge on any atom is 0.191 e. The van der Waals surface area contributed by atoms with Gasteiger partial charge in [0.15, 0.2) is 5.96 Å². The Kier molecular flexibility index (Phi) is 12.2. The van der Waals surface area contributed by atoms with Gasteiger partial charge in [-0.1, -0.05) is 26.0 Å². The van der Waals surface area contributed by atoms with Crippen molar-refractivity contribution in [1.29, 1.82) is 0 Å². The van der Waals surface area contributed by atoms with Gasteiger partial charge in [0.2, 0.25) is 0 Å². The molecular formula is C23H39FIN5O2. The molecule has 32 heavy (non-hydrogen) atoms. The molecule has 0 aromatic heterocycles. The highest BCUT2D eigenvalue weighted by atomic mass is 127. The van der Waals surface area contributed by atoms with Gasteiger partial charge in [-0.25, -0.2) is 4.39 Å². The highest BCUT2D eigenvalue weighted by Crippen LogP contribution is 2.21. The Bertz CT molecular complexity index is 679. The molecule has 0 aliphatic carbocycles. The lowest BCUT2D eigenvalue weighted by Crippen LogP contribution is -2.53. The quantitative estimate of drug-likeness (QED) is 0.288. The highest BCUT2D eigenvalue weighted by Gasteiger charge is 2.25. The summed E-state index contributed by atoms with van der Waals surface area (Å²) in [6.45, 7) is 12.8. The lowest BCUT2D eigenvalue weighted by molar-refractivity contribution is 0.00747. The third-order valence-electron chi connectivity index (χ3n) is 6.19. The van der Waals surface area contributed by atoms with Crippen molar-refractivity contribution in [1.82, 2.24) is 20.4 Å². The normalized spacial score (nSPS) is 20.5. The average molecular weight is 564 g/mol. The van der Waals surface area contributed by atoms with Crippen LogP contribution in [0.1, 0.15) is 25.5 Å². The minimum Gasteiger partial charge on any atom is -0.379 e. The van der Waals surface area contributed by atoms with Gasteiger partial charge in [0.1, 0.15) is 5.82 Å². The fourth-order valence-corrected chi connectivity index (χ4v) is 4.34. The van der Waals surface area contributed by atoms with E-state index in [1.165, 1.54) is 12.1 Å². The second-order valence-corrected chi connectivity index (χ2v) is 8.51. The predicted molar refractivity (Wildman–Crippen MR) is 137 cm³/mol. The van der Waals surface area contributed by atoms with Gasteiger partial charge in [-0.15, -0.1) is 24.0 Å². The molecule has 0 saturated carbocycles. The van der Waals surface area contributed by atoms with E-state index in [1.54, 1.807) is 7.05 Å². The molecule has 0 bridgehead atoms. The van der Waals surface area contributed by atoms with E-state index in [9.17, 15) is 4.39 Å². The largest absolute Gasteiger partial charge is 0.379 e. The monoisotopic (exact) mass is 563 g/mol. The number of hydrogen-bond donors (Lipinski definition) is 2. The van der Waals surface area contributed by atoms with Crippen LogP contribution in [-0.2, 0) is 9.47 Å². The summed E-state index contributed by atoms with van der Waals surface area (Å²) in [6.07, 6.45) is 0. The molecule has 9 heteroatoms. The number of rotatable bonds is 8. The summed E-state index contributed by atoms with van der Waals surface area (Å²) >= 11 is 0. The summed E-state index contributed by atoms with van der Waals surface area (Å²) in [5, 5.41) is 7.02. The summed E-state index contributed by atoms with van der Waals surface area (Å²) < 4.78 is 24.5. The topological polar surface area (TPSA) is 61.4 Å². The highest BCUT2D eigenvalue weighted by molar-refractivity contribution is 14.0. The minimum atomic E-state index is -0.210. The molecule has 1 aromatic carbocycles. The molecular weight excluding hydrogens is 524 g/mol. The number of hydrogen-bond acceptors (Lipinski definition) is 5. The summed E-state index contributed by atoms with van der Waals surface area (Å²) in [5.41, 5.74) is 1.10. The van der Waals surface area contributed by atoms with E-state index in [1.807, 2.05) is 12.1 Å². The smallest absolute Gasteiger partial charge is 0.191 e. The van der Waals surface area contributed by atoms with Crippen molar-refractivity contribution in [2.75, 3.05) is 72.7 Å². The molecule has 2 heterocycles. The van der Waals surface area contributed by atoms with Gasteiger partial charge in [0.05, 0.1) is 32.5 Å². The minimum absolute atomic E-state index is 0. The lowest BCUT2D eigenvalue weighted by Gasteiger charge is -2.37. The van der Waals surface area contributed by atoms with Crippen LogP contribution in [0, 0.1) is 11.7 Å². The Morgan fingerprint density at radius 1 is 0.938 bits per heavy atom. The van der Waals surface area contributed by atoms with Crippen LogP contribution in [0.4, 0.5) is 4.39 Å². The Labute approximate surface area is 209 Å². The number of benzene rings is 1. The van der Waals surface area contributed by atoms with Crippen LogP contribution in [0.3, 0.4) is 0 Å². The van der Waals surface area contributed by atoms with Crippen LogP contribution in [0.2, 0.25) is 0 Å². The van der Waals surface area contributed by atoms with Crippen LogP contribution in [-0.4, -0.2) is 94.5 Å². The molecule has 0 radical (unpaired) electrons. The molecule has 3 rings (SSSR count). The maximum atomic E-state index is 13.5. The number of morpholine rings is 2. The molecule has 2 N–H and O–H groups in total. The molecule has 182 valence electrons. The number of nitrogens with zero attached hydrogens (tertiary/aromatic N) is 3. The zero-order valence-electron chi connectivity index (χ0n) is 19.6. The second-order valence-electron chi connectivity index (χ2n) is 8.51. The van der Waals surface area contributed by atoms with Gasteiger partial charge < -0.3 is 20.1 Å². The number of aliphatic imine (C=N–C) groups is 1. The number of guanidine groups is 1. The molecule has 2 aliphatic heterocycles. The van der Waals surface area contributed by atoms with Gasteiger partial charge in [-0.2, -0.15) is 0 Å².